The molecule has 0 amide bonds. The van der Waals surface area contributed by atoms with E-state index in [9.17, 15) is 0 Å². The summed E-state index contributed by atoms with van der Waals surface area (Å²) >= 11 is 3.61. The number of hydrogen-bond donors (Lipinski definition) is 2. The molecule has 1 aromatic rings. The van der Waals surface area contributed by atoms with Crippen molar-refractivity contribution >= 4 is 27.5 Å². The summed E-state index contributed by atoms with van der Waals surface area (Å²) in [4.78, 5) is 2.47. The molecule has 0 aliphatic heterocycles. The first-order chi connectivity index (χ1) is 8.49. The second-order valence-electron chi connectivity index (χ2n) is 5.36. The SMILES string of the molecule is CC(C)CN(c1ccc(C(=N)N)cc1Br)C1CC1. The molecule has 0 heterocycles. The summed E-state index contributed by atoms with van der Waals surface area (Å²) in [7, 11) is 0. The van der Waals surface area contributed by atoms with E-state index < -0.39 is 0 Å². The molecular weight excluding hydrogens is 290 g/mol. The molecule has 3 N–H and O–H groups in total. The highest BCUT2D eigenvalue weighted by atomic mass is 79.9. The quantitative estimate of drug-likeness (QED) is 0.647. The average molecular weight is 310 g/mol. The molecule has 0 saturated heterocycles. The molecule has 0 spiro atoms. The smallest absolute Gasteiger partial charge is 0.122 e. The minimum atomic E-state index is 0.115. The first-order valence-corrected chi connectivity index (χ1v) is 7.19. The van der Waals surface area contributed by atoms with E-state index in [1.54, 1.807) is 0 Å². The number of nitrogens with two attached hydrogens (primary N) is 1. The summed E-state index contributed by atoms with van der Waals surface area (Å²) in [6, 6.07) is 6.62. The van der Waals surface area contributed by atoms with Gasteiger partial charge in [-0.2, -0.15) is 0 Å². The predicted octanol–water partition coefficient (Wildman–Crippen LogP) is 3.36. The molecule has 0 bridgehead atoms. The summed E-state index contributed by atoms with van der Waals surface area (Å²) in [6.07, 6.45) is 2.57. The molecule has 1 aliphatic rings. The maximum absolute atomic E-state index is 7.46. The van der Waals surface area contributed by atoms with Crippen molar-refractivity contribution in [2.24, 2.45) is 11.7 Å². The molecule has 1 fully saturated rings. The van der Waals surface area contributed by atoms with E-state index in [0.29, 0.717) is 12.0 Å². The number of nitrogens with one attached hydrogen (secondary N) is 1. The Hall–Kier alpha value is -1.03. The third-order valence-corrected chi connectivity index (χ3v) is 3.75. The molecular formula is C14H20BrN3. The average Bonchev–Trinajstić information content (AvgIpc) is 3.09. The largest absolute Gasteiger partial charge is 0.384 e. The zero-order valence-electron chi connectivity index (χ0n) is 10.9. The van der Waals surface area contributed by atoms with Gasteiger partial charge in [-0.1, -0.05) is 13.8 Å². The second kappa shape index (κ2) is 5.31. The Bertz CT molecular complexity index is 452. The Morgan fingerprint density at radius 3 is 2.61 bits per heavy atom. The van der Waals surface area contributed by atoms with Crippen LogP contribution in [0, 0.1) is 11.3 Å². The maximum atomic E-state index is 7.46. The van der Waals surface area contributed by atoms with Crippen molar-refractivity contribution in [2.45, 2.75) is 32.7 Å². The Balaban J connectivity index is 2.27. The van der Waals surface area contributed by atoms with Crippen LogP contribution in [-0.4, -0.2) is 18.4 Å². The van der Waals surface area contributed by atoms with Gasteiger partial charge in [0, 0.05) is 22.6 Å². The molecule has 98 valence electrons. The number of rotatable bonds is 5. The minimum absolute atomic E-state index is 0.115. The van der Waals surface area contributed by atoms with Gasteiger partial charge in [0.1, 0.15) is 5.84 Å². The van der Waals surface area contributed by atoms with Crippen molar-refractivity contribution < 1.29 is 0 Å². The van der Waals surface area contributed by atoms with Gasteiger partial charge in [-0.15, -0.1) is 0 Å². The number of nitrogens with zero attached hydrogens (tertiary/aromatic N) is 1. The van der Waals surface area contributed by atoms with Gasteiger partial charge in [-0.05, 0) is 52.9 Å². The molecule has 0 aromatic heterocycles. The van der Waals surface area contributed by atoms with E-state index in [-0.39, 0.29) is 5.84 Å². The van der Waals surface area contributed by atoms with E-state index in [2.05, 4.69) is 40.7 Å². The van der Waals surface area contributed by atoms with E-state index in [4.69, 9.17) is 11.1 Å². The molecule has 1 saturated carbocycles. The second-order valence-corrected chi connectivity index (χ2v) is 6.21. The lowest BCUT2D eigenvalue weighted by Crippen LogP contribution is -2.30. The van der Waals surface area contributed by atoms with Crippen LogP contribution in [0.1, 0.15) is 32.3 Å². The Morgan fingerprint density at radius 1 is 1.50 bits per heavy atom. The van der Waals surface area contributed by atoms with Crippen LogP contribution in [0.2, 0.25) is 0 Å². The van der Waals surface area contributed by atoms with Gasteiger partial charge in [-0.25, -0.2) is 0 Å². The number of nitrogen functional groups attached to an aromatic ring is 1. The number of amidine groups is 1. The van der Waals surface area contributed by atoms with Gasteiger partial charge in [0.25, 0.3) is 0 Å². The fourth-order valence-electron chi connectivity index (χ4n) is 2.13. The maximum Gasteiger partial charge on any atom is 0.122 e. The molecule has 0 unspecified atom stereocenters. The van der Waals surface area contributed by atoms with Crippen LogP contribution in [0.5, 0.6) is 0 Å². The lowest BCUT2D eigenvalue weighted by Gasteiger charge is -2.28. The Labute approximate surface area is 117 Å². The van der Waals surface area contributed by atoms with Gasteiger partial charge in [0.2, 0.25) is 0 Å². The molecule has 0 radical (unpaired) electrons. The van der Waals surface area contributed by atoms with Gasteiger partial charge in [-0.3, -0.25) is 5.41 Å². The predicted molar refractivity (Wildman–Crippen MR) is 80.4 cm³/mol. The van der Waals surface area contributed by atoms with E-state index >= 15 is 0 Å². The molecule has 4 heteroatoms. The van der Waals surface area contributed by atoms with Crippen LogP contribution in [0.4, 0.5) is 5.69 Å². The standard InChI is InChI=1S/C14H20BrN3/c1-9(2)8-18(11-4-5-11)13-6-3-10(14(16)17)7-12(13)15/h3,6-7,9,11H,4-5,8H2,1-2H3,(H3,16,17). The number of benzene rings is 1. The van der Waals surface area contributed by atoms with Gasteiger partial charge in [0.05, 0.1) is 5.69 Å². The molecule has 1 aliphatic carbocycles. The molecule has 3 nitrogen and oxygen atoms in total. The zero-order valence-corrected chi connectivity index (χ0v) is 12.5. The lowest BCUT2D eigenvalue weighted by atomic mass is 10.1. The van der Waals surface area contributed by atoms with Crippen molar-refractivity contribution in [3.8, 4) is 0 Å². The third-order valence-electron chi connectivity index (χ3n) is 3.12. The number of anilines is 1. The van der Waals surface area contributed by atoms with E-state index in [1.165, 1.54) is 18.5 Å². The molecule has 2 rings (SSSR count). The Morgan fingerprint density at radius 2 is 2.17 bits per heavy atom. The third kappa shape index (κ3) is 3.05. The van der Waals surface area contributed by atoms with Crippen molar-refractivity contribution in [1.82, 2.24) is 0 Å². The normalized spacial score (nSPS) is 14.9. The van der Waals surface area contributed by atoms with E-state index in [0.717, 1.165) is 16.6 Å². The number of hydrogen-bond acceptors (Lipinski definition) is 2. The minimum Gasteiger partial charge on any atom is -0.384 e. The fourth-order valence-corrected chi connectivity index (χ4v) is 2.74. The first-order valence-electron chi connectivity index (χ1n) is 6.39. The van der Waals surface area contributed by atoms with Gasteiger partial charge in [0.15, 0.2) is 0 Å². The van der Waals surface area contributed by atoms with E-state index in [1.807, 2.05) is 12.1 Å². The van der Waals surface area contributed by atoms with Crippen LogP contribution in [0.3, 0.4) is 0 Å². The monoisotopic (exact) mass is 309 g/mol. The number of halogens is 1. The van der Waals surface area contributed by atoms with Crippen molar-refractivity contribution in [3.05, 3.63) is 28.2 Å². The highest BCUT2D eigenvalue weighted by Crippen LogP contribution is 2.36. The van der Waals surface area contributed by atoms with Crippen LogP contribution in [0.15, 0.2) is 22.7 Å². The van der Waals surface area contributed by atoms with Gasteiger partial charge < -0.3 is 10.6 Å². The van der Waals surface area contributed by atoms with Gasteiger partial charge >= 0.3 is 0 Å². The molecule has 18 heavy (non-hydrogen) atoms. The first kappa shape index (κ1) is 13.4. The van der Waals surface area contributed by atoms with Crippen molar-refractivity contribution in [1.29, 1.82) is 5.41 Å². The summed E-state index contributed by atoms with van der Waals surface area (Å²) in [5, 5.41) is 7.46. The van der Waals surface area contributed by atoms with Crippen molar-refractivity contribution in [2.75, 3.05) is 11.4 Å². The lowest BCUT2D eigenvalue weighted by molar-refractivity contribution is 0.607. The summed E-state index contributed by atoms with van der Waals surface area (Å²) < 4.78 is 1.03. The highest BCUT2D eigenvalue weighted by molar-refractivity contribution is 9.10. The topological polar surface area (TPSA) is 53.1 Å². The van der Waals surface area contributed by atoms with Crippen LogP contribution >= 0.6 is 15.9 Å². The van der Waals surface area contributed by atoms with Crippen molar-refractivity contribution in [3.63, 3.8) is 0 Å². The van der Waals surface area contributed by atoms with Crippen LogP contribution in [-0.2, 0) is 0 Å². The fraction of sp³-hybridized carbons (Fsp3) is 0.500. The van der Waals surface area contributed by atoms with Crippen LogP contribution in [0.25, 0.3) is 0 Å². The summed E-state index contributed by atoms with van der Waals surface area (Å²) in [6.45, 7) is 5.56. The Kier molecular flexibility index (Phi) is 3.95. The highest BCUT2D eigenvalue weighted by Gasteiger charge is 2.30. The molecule has 1 aromatic carbocycles. The zero-order chi connectivity index (χ0) is 13.3. The summed E-state index contributed by atoms with van der Waals surface area (Å²) in [5.41, 5.74) is 7.50. The molecule has 0 atom stereocenters. The van der Waals surface area contributed by atoms with Crippen LogP contribution < -0.4 is 10.6 Å². The summed E-state index contributed by atoms with van der Waals surface area (Å²) in [5.74, 6) is 0.758.